The standard InChI is InChI=1S/C16H20N4O3S/c1-10-4-2-3-5-12(10)18-16(23)19-13(21)8-20-9-17-14-11(15(20)22)6-7-24-14/h6-7,9-10,12H,2-5,8H2,1H3,(H2,18,19,21,23)/t10-,12-/m0/s1. The van der Waals surface area contributed by atoms with Crippen molar-refractivity contribution in [3.05, 3.63) is 28.1 Å². The fourth-order valence-corrected chi connectivity index (χ4v) is 3.79. The zero-order chi connectivity index (χ0) is 17.1. The van der Waals surface area contributed by atoms with Gasteiger partial charge in [0.1, 0.15) is 11.4 Å². The van der Waals surface area contributed by atoms with Gasteiger partial charge in [0.2, 0.25) is 5.91 Å². The van der Waals surface area contributed by atoms with Crippen LogP contribution < -0.4 is 16.2 Å². The number of hydrogen-bond acceptors (Lipinski definition) is 5. The Labute approximate surface area is 143 Å². The molecule has 1 aliphatic carbocycles. The number of amides is 3. The fraction of sp³-hybridized carbons (Fsp3) is 0.500. The van der Waals surface area contributed by atoms with E-state index in [4.69, 9.17) is 0 Å². The van der Waals surface area contributed by atoms with Gasteiger partial charge >= 0.3 is 6.03 Å². The lowest BCUT2D eigenvalue weighted by atomic mass is 9.86. The van der Waals surface area contributed by atoms with Crippen molar-refractivity contribution in [1.29, 1.82) is 0 Å². The summed E-state index contributed by atoms with van der Waals surface area (Å²) in [5, 5.41) is 7.41. The zero-order valence-corrected chi connectivity index (χ0v) is 14.3. The van der Waals surface area contributed by atoms with Crippen molar-refractivity contribution < 1.29 is 9.59 Å². The van der Waals surface area contributed by atoms with Crippen molar-refractivity contribution in [3.63, 3.8) is 0 Å². The summed E-state index contributed by atoms with van der Waals surface area (Å²) in [5.74, 6) is -0.123. The Balaban J connectivity index is 1.59. The Morgan fingerprint density at radius 3 is 2.96 bits per heavy atom. The summed E-state index contributed by atoms with van der Waals surface area (Å²) < 4.78 is 1.21. The van der Waals surface area contributed by atoms with Crippen molar-refractivity contribution in [2.24, 2.45) is 5.92 Å². The minimum Gasteiger partial charge on any atom is -0.335 e. The highest BCUT2D eigenvalue weighted by Crippen LogP contribution is 2.23. The minimum absolute atomic E-state index is 0.0955. The summed E-state index contributed by atoms with van der Waals surface area (Å²) in [6.45, 7) is 1.87. The second-order valence-corrected chi connectivity index (χ2v) is 7.10. The van der Waals surface area contributed by atoms with Gasteiger partial charge in [0.05, 0.1) is 11.7 Å². The number of imide groups is 1. The number of urea groups is 1. The maximum atomic E-state index is 12.2. The van der Waals surface area contributed by atoms with Crippen LogP contribution >= 0.6 is 11.3 Å². The molecule has 2 atom stereocenters. The molecule has 3 rings (SSSR count). The number of fused-ring (bicyclic) bond motifs is 1. The molecule has 8 heteroatoms. The molecule has 2 heterocycles. The lowest BCUT2D eigenvalue weighted by molar-refractivity contribution is -0.120. The lowest BCUT2D eigenvalue weighted by Gasteiger charge is -2.29. The molecule has 24 heavy (non-hydrogen) atoms. The summed E-state index contributed by atoms with van der Waals surface area (Å²) in [5.41, 5.74) is -0.280. The van der Waals surface area contributed by atoms with Gasteiger partial charge in [-0.25, -0.2) is 9.78 Å². The summed E-state index contributed by atoms with van der Waals surface area (Å²) in [6, 6.07) is 1.27. The van der Waals surface area contributed by atoms with Gasteiger partial charge in [0.15, 0.2) is 0 Å². The van der Waals surface area contributed by atoms with Gasteiger partial charge in [-0.05, 0) is 30.2 Å². The van der Waals surface area contributed by atoms with Crippen LogP contribution in [0.15, 0.2) is 22.6 Å². The van der Waals surface area contributed by atoms with E-state index in [1.54, 1.807) is 11.4 Å². The Kier molecular flexibility index (Phi) is 4.94. The first kappa shape index (κ1) is 16.6. The van der Waals surface area contributed by atoms with Gasteiger partial charge in [-0.1, -0.05) is 19.8 Å². The van der Waals surface area contributed by atoms with Crippen LogP contribution in [-0.2, 0) is 11.3 Å². The molecule has 128 valence electrons. The Morgan fingerprint density at radius 2 is 2.17 bits per heavy atom. The van der Waals surface area contributed by atoms with E-state index in [1.165, 1.54) is 28.7 Å². The Morgan fingerprint density at radius 1 is 1.38 bits per heavy atom. The molecule has 2 N–H and O–H groups in total. The molecule has 2 aromatic heterocycles. The minimum atomic E-state index is -0.533. The molecule has 0 aromatic carbocycles. The van der Waals surface area contributed by atoms with Crippen molar-refractivity contribution in [2.75, 3.05) is 0 Å². The molecule has 0 unspecified atom stereocenters. The van der Waals surface area contributed by atoms with Crippen LogP contribution in [0.3, 0.4) is 0 Å². The van der Waals surface area contributed by atoms with E-state index in [2.05, 4.69) is 22.5 Å². The van der Waals surface area contributed by atoms with E-state index >= 15 is 0 Å². The van der Waals surface area contributed by atoms with Gasteiger partial charge < -0.3 is 5.32 Å². The molecule has 0 aliphatic heterocycles. The highest BCUT2D eigenvalue weighted by atomic mass is 32.1. The van der Waals surface area contributed by atoms with E-state index in [9.17, 15) is 14.4 Å². The first-order valence-electron chi connectivity index (χ1n) is 8.07. The predicted octanol–water partition coefficient (Wildman–Crippen LogP) is 1.86. The Bertz CT molecular complexity index is 813. The number of rotatable bonds is 3. The maximum absolute atomic E-state index is 12.2. The molecule has 0 bridgehead atoms. The third-order valence-corrected chi connectivity index (χ3v) is 5.27. The van der Waals surface area contributed by atoms with Crippen LogP contribution in [0.1, 0.15) is 32.6 Å². The molecule has 1 saturated carbocycles. The number of aromatic nitrogens is 2. The fourth-order valence-electron chi connectivity index (χ4n) is 3.06. The van der Waals surface area contributed by atoms with Gasteiger partial charge in [0.25, 0.3) is 5.56 Å². The van der Waals surface area contributed by atoms with Gasteiger partial charge in [-0.2, -0.15) is 0 Å². The Hall–Kier alpha value is -2.22. The van der Waals surface area contributed by atoms with Crippen molar-refractivity contribution in [2.45, 2.75) is 45.2 Å². The van der Waals surface area contributed by atoms with Gasteiger partial charge in [0, 0.05) is 6.04 Å². The first-order chi connectivity index (χ1) is 11.5. The SMILES string of the molecule is C[C@H]1CCCC[C@@H]1NC(=O)NC(=O)Cn1cnc2sccc2c1=O. The quantitative estimate of drug-likeness (QED) is 0.885. The number of nitrogens with one attached hydrogen (secondary N) is 2. The molecule has 1 aliphatic rings. The van der Waals surface area contributed by atoms with E-state index in [1.807, 2.05) is 0 Å². The topological polar surface area (TPSA) is 93.1 Å². The second-order valence-electron chi connectivity index (χ2n) is 6.21. The molecular weight excluding hydrogens is 328 g/mol. The normalized spacial score (nSPS) is 20.7. The van der Waals surface area contributed by atoms with Crippen LogP contribution in [0.25, 0.3) is 10.2 Å². The second kappa shape index (κ2) is 7.12. The molecular formula is C16H20N4O3S. The number of nitrogens with zero attached hydrogens (tertiary/aromatic N) is 2. The van der Waals surface area contributed by atoms with E-state index in [0.717, 1.165) is 19.3 Å². The lowest BCUT2D eigenvalue weighted by Crippen LogP contribution is -2.48. The van der Waals surface area contributed by atoms with E-state index in [-0.39, 0.29) is 18.1 Å². The summed E-state index contributed by atoms with van der Waals surface area (Å²) in [7, 11) is 0. The first-order valence-corrected chi connectivity index (χ1v) is 8.95. The van der Waals surface area contributed by atoms with Gasteiger partial charge in [-0.15, -0.1) is 11.3 Å². The highest BCUT2D eigenvalue weighted by molar-refractivity contribution is 7.16. The third-order valence-electron chi connectivity index (χ3n) is 4.45. The number of thiophene rings is 1. The van der Waals surface area contributed by atoms with Crippen LogP contribution in [0.4, 0.5) is 4.79 Å². The van der Waals surface area contributed by atoms with Crippen molar-refractivity contribution in [3.8, 4) is 0 Å². The van der Waals surface area contributed by atoms with Crippen molar-refractivity contribution >= 4 is 33.5 Å². The molecule has 2 aromatic rings. The largest absolute Gasteiger partial charge is 0.335 e. The molecule has 0 saturated heterocycles. The zero-order valence-electron chi connectivity index (χ0n) is 13.4. The summed E-state index contributed by atoms with van der Waals surface area (Å²) in [6.07, 6.45) is 5.62. The average molecular weight is 348 g/mol. The highest BCUT2D eigenvalue weighted by Gasteiger charge is 2.23. The molecule has 3 amide bonds. The monoisotopic (exact) mass is 348 g/mol. The number of carbonyl (C=O) groups is 2. The average Bonchev–Trinajstić information content (AvgIpc) is 3.01. The van der Waals surface area contributed by atoms with Crippen LogP contribution in [0.2, 0.25) is 0 Å². The number of hydrogen-bond donors (Lipinski definition) is 2. The third kappa shape index (κ3) is 3.64. The van der Waals surface area contributed by atoms with Crippen LogP contribution in [-0.4, -0.2) is 27.5 Å². The molecule has 0 radical (unpaired) electrons. The maximum Gasteiger partial charge on any atom is 0.321 e. The van der Waals surface area contributed by atoms with E-state index in [0.29, 0.717) is 16.1 Å². The van der Waals surface area contributed by atoms with Crippen LogP contribution in [0, 0.1) is 5.92 Å². The van der Waals surface area contributed by atoms with Crippen molar-refractivity contribution in [1.82, 2.24) is 20.2 Å². The predicted molar refractivity (Wildman–Crippen MR) is 92.0 cm³/mol. The van der Waals surface area contributed by atoms with Crippen LogP contribution in [0.5, 0.6) is 0 Å². The van der Waals surface area contributed by atoms with Gasteiger partial charge in [-0.3, -0.25) is 19.5 Å². The van der Waals surface area contributed by atoms with E-state index < -0.39 is 11.9 Å². The summed E-state index contributed by atoms with van der Waals surface area (Å²) in [4.78, 5) is 41.0. The molecule has 1 fully saturated rings. The molecule has 0 spiro atoms. The molecule has 7 nitrogen and oxygen atoms in total. The smallest absolute Gasteiger partial charge is 0.321 e. The summed E-state index contributed by atoms with van der Waals surface area (Å²) >= 11 is 1.37. The number of carbonyl (C=O) groups excluding carboxylic acids is 2.